The summed E-state index contributed by atoms with van der Waals surface area (Å²) in [5.41, 5.74) is 1.84. The average molecular weight is 531 g/mol. The fourth-order valence-corrected chi connectivity index (χ4v) is 5.10. The molecule has 1 aliphatic carbocycles. The lowest BCUT2D eigenvalue weighted by atomic mass is 9.93. The van der Waals surface area contributed by atoms with Crippen molar-refractivity contribution in [1.82, 2.24) is 15.5 Å². The highest BCUT2D eigenvalue weighted by molar-refractivity contribution is 7.98. The highest BCUT2D eigenvalue weighted by Gasteiger charge is 2.37. The first kappa shape index (κ1) is 30.5. The maximum atomic E-state index is 13.9. The molecule has 1 aromatic rings. The van der Waals surface area contributed by atoms with Crippen LogP contribution in [-0.4, -0.2) is 59.0 Å². The smallest absolute Gasteiger partial charge is 0.408 e. The first-order valence-corrected chi connectivity index (χ1v) is 14.4. The molecule has 2 atom stereocenters. The fourth-order valence-electron chi connectivity index (χ4n) is 4.63. The van der Waals surface area contributed by atoms with Crippen LogP contribution in [0.3, 0.4) is 0 Å². The summed E-state index contributed by atoms with van der Waals surface area (Å²) >= 11 is 1.54. The van der Waals surface area contributed by atoms with E-state index >= 15 is 0 Å². The quantitative estimate of drug-likeness (QED) is 0.421. The second-order valence-corrected chi connectivity index (χ2v) is 11.7. The highest BCUT2D eigenvalue weighted by Crippen LogP contribution is 2.28. The molecular formula is C28H42N4O4S. The molecule has 37 heavy (non-hydrogen) atoms. The Morgan fingerprint density at radius 1 is 1.19 bits per heavy atom. The summed E-state index contributed by atoms with van der Waals surface area (Å²) in [6.45, 7) is 8.83. The second-order valence-electron chi connectivity index (χ2n) is 10.7. The Kier molecular flexibility index (Phi) is 11.8. The number of nitrogens with zero attached hydrogens (tertiary/aromatic N) is 2. The molecule has 0 aliphatic heterocycles. The molecule has 1 fully saturated rings. The van der Waals surface area contributed by atoms with Crippen LogP contribution in [0.2, 0.25) is 0 Å². The van der Waals surface area contributed by atoms with Gasteiger partial charge in [0.15, 0.2) is 0 Å². The number of thioether (sulfide) groups is 1. The molecule has 0 saturated heterocycles. The van der Waals surface area contributed by atoms with E-state index in [2.05, 4.69) is 16.7 Å². The van der Waals surface area contributed by atoms with Gasteiger partial charge in [-0.05, 0) is 77.0 Å². The lowest BCUT2D eigenvalue weighted by Crippen LogP contribution is -2.54. The molecule has 0 aromatic heterocycles. The van der Waals surface area contributed by atoms with Crippen LogP contribution in [-0.2, 0) is 14.3 Å². The van der Waals surface area contributed by atoms with Gasteiger partial charge >= 0.3 is 6.09 Å². The van der Waals surface area contributed by atoms with Crippen molar-refractivity contribution in [2.45, 2.75) is 96.9 Å². The van der Waals surface area contributed by atoms with E-state index in [1.165, 1.54) is 4.90 Å². The van der Waals surface area contributed by atoms with Crippen molar-refractivity contribution < 1.29 is 19.1 Å². The number of carbonyl (C=O) groups excluding carboxylic acids is 3. The summed E-state index contributed by atoms with van der Waals surface area (Å²) in [4.78, 5) is 41.6. The number of nitrogens with one attached hydrogen (secondary N) is 2. The van der Waals surface area contributed by atoms with Gasteiger partial charge in [0.25, 0.3) is 0 Å². The molecule has 3 amide bonds. The molecule has 0 radical (unpaired) electrons. The van der Waals surface area contributed by atoms with E-state index in [0.29, 0.717) is 17.7 Å². The van der Waals surface area contributed by atoms with Crippen molar-refractivity contribution in [2.75, 3.05) is 18.6 Å². The van der Waals surface area contributed by atoms with E-state index in [4.69, 9.17) is 4.74 Å². The minimum absolute atomic E-state index is 0.0423. The normalized spacial score (nSPS) is 15.7. The Balaban J connectivity index is 2.45. The van der Waals surface area contributed by atoms with Gasteiger partial charge in [-0.15, -0.1) is 0 Å². The molecule has 9 heteroatoms. The summed E-state index contributed by atoms with van der Waals surface area (Å²) in [5.74, 6) is -0.177. The molecule has 2 N–H and O–H groups in total. The number of alkyl carbamates (subject to hydrolysis) is 1. The first-order chi connectivity index (χ1) is 17.5. The number of benzene rings is 1. The van der Waals surface area contributed by atoms with E-state index in [9.17, 15) is 19.6 Å². The summed E-state index contributed by atoms with van der Waals surface area (Å²) < 4.78 is 5.39. The zero-order valence-electron chi connectivity index (χ0n) is 23.1. The Bertz CT molecular complexity index is 979. The molecule has 1 aromatic carbocycles. The summed E-state index contributed by atoms with van der Waals surface area (Å²) in [6.07, 6.45) is 6.59. The standard InChI is InChI=1S/C28H42N4O4S/c1-19-12-13-22(20(2)18-19)24(25(33)30-21-10-8-7-9-11-21)32(16-15-29)26(34)23(14-17-37-6)31-27(35)36-28(3,4)5/h12-13,18,21,23-24H,7-11,14,16-17H2,1-6H3,(H,30,33)(H,31,35). The van der Waals surface area contributed by atoms with Crippen LogP contribution < -0.4 is 10.6 Å². The van der Waals surface area contributed by atoms with Crippen LogP contribution in [0.25, 0.3) is 0 Å². The number of nitriles is 1. The zero-order valence-corrected chi connectivity index (χ0v) is 23.9. The van der Waals surface area contributed by atoms with Gasteiger partial charge in [-0.2, -0.15) is 17.0 Å². The van der Waals surface area contributed by atoms with Gasteiger partial charge in [-0.3, -0.25) is 9.59 Å². The Morgan fingerprint density at radius 3 is 2.43 bits per heavy atom. The number of carbonyl (C=O) groups is 3. The number of ether oxygens (including phenoxy) is 1. The van der Waals surface area contributed by atoms with Gasteiger partial charge in [0.05, 0.1) is 6.07 Å². The fraction of sp³-hybridized carbons (Fsp3) is 0.643. The van der Waals surface area contributed by atoms with E-state index in [1.807, 2.05) is 38.3 Å². The van der Waals surface area contributed by atoms with Gasteiger partial charge in [-0.1, -0.05) is 43.0 Å². The third kappa shape index (κ3) is 9.58. The SMILES string of the molecule is CSCCC(NC(=O)OC(C)(C)C)C(=O)N(CC#N)C(C(=O)NC1CCCCC1)c1ccc(C)cc1C. The third-order valence-electron chi connectivity index (χ3n) is 6.36. The van der Waals surface area contributed by atoms with E-state index in [-0.39, 0.29) is 18.5 Å². The molecular weight excluding hydrogens is 488 g/mol. The van der Waals surface area contributed by atoms with Gasteiger partial charge in [0.2, 0.25) is 11.8 Å². The van der Waals surface area contributed by atoms with Crippen molar-refractivity contribution in [2.24, 2.45) is 0 Å². The molecule has 0 heterocycles. The van der Waals surface area contributed by atoms with E-state index in [1.54, 1.807) is 32.5 Å². The van der Waals surface area contributed by atoms with Crippen LogP contribution in [0.1, 0.15) is 82.0 Å². The van der Waals surface area contributed by atoms with E-state index < -0.39 is 29.7 Å². The topological polar surface area (TPSA) is 112 Å². The van der Waals surface area contributed by atoms with Gasteiger partial charge in [-0.25, -0.2) is 4.79 Å². The molecule has 0 spiro atoms. The summed E-state index contributed by atoms with van der Waals surface area (Å²) in [7, 11) is 0. The van der Waals surface area contributed by atoms with Crippen LogP contribution in [0, 0.1) is 25.2 Å². The number of rotatable bonds is 10. The largest absolute Gasteiger partial charge is 0.444 e. The molecule has 1 aliphatic rings. The molecule has 8 nitrogen and oxygen atoms in total. The van der Waals surface area contributed by atoms with Gasteiger partial charge in [0.1, 0.15) is 24.2 Å². The maximum absolute atomic E-state index is 13.9. The zero-order chi connectivity index (χ0) is 27.6. The van der Waals surface area contributed by atoms with Crippen molar-refractivity contribution in [3.8, 4) is 6.07 Å². The van der Waals surface area contributed by atoms with Gasteiger partial charge in [0, 0.05) is 6.04 Å². The predicted octanol–water partition coefficient (Wildman–Crippen LogP) is 4.79. The molecule has 2 unspecified atom stereocenters. The van der Waals surface area contributed by atoms with Crippen molar-refractivity contribution >= 4 is 29.7 Å². The Hall–Kier alpha value is -2.73. The maximum Gasteiger partial charge on any atom is 0.408 e. The summed E-state index contributed by atoms with van der Waals surface area (Å²) in [5, 5.41) is 15.5. The van der Waals surface area contributed by atoms with Crippen molar-refractivity contribution in [3.63, 3.8) is 0 Å². The highest BCUT2D eigenvalue weighted by atomic mass is 32.2. The monoisotopic (exact) mass is 530 g/mol. The van der Waals surface area contributed by atoms with Crippen LogP contribution >= 0.6 is 11.8 Å². The Morgan fingerprint density at radius 2 is 1.86 bits per heavy atom. The number of hydrogen-bond acceptors (Lipinski definition) is 6. The number of aryl methyl sites for hydroxylation is 2. The van der Waals surface area contributed by atoms with Crippen LogP contribution in [0.5, 0.6) is 0 Å². The first-order valence-electron chi connectivity index (χ1n) is 13.0. The molecule has 2 rings (SSSR count). The second kappa shape index (κ2) is 14.3. The average Bonchev–Trinajstić information content (AvgIpc) is 2.81. The van der Waals surface area contributed by atoms with E-state index in [0.717, 1.165) is 43.2 Å². The van der Waals surface area contributed by atoms with Crippen molar-refractivity contribution in [1.29, 1.82) is 5.26 Å². The number of hydrogen-bond donors (Lipinski definition) is 2. The number of amides is 3. The molecule has 0 bridgehead atoms. The predicted molar refractivity (Wildman–Crippen MR) is 147 cm³/mol. The summed E-state index contributed by atoms with van der Waals surface area (Å²) in [6, 6.07) is 5.90. The van der Waals surface area contributed by atoms with Crippen LogP contribution in [0.15, 0.2) is 18.2 Å². The lowest BCUT2D eigenvalue weighted by Gasteiger charge is -2.35. The minimum Gasteiger partial charge on any atom is -0.444 e. The molecule has 204 valence electrons. The Labute approximate surface area is 225 Å². The lowest BCUT2D eigenvalue weighted by molar-refractivity contribution is -0.142. The van der Waals surface area contributed by atoms with Gasteiger partial charge < -0.3 is 20.3 Å². The molecule has 1 saturated carbocycles. The third-order valence-corrected chi connectivity index (χ3v) is 7.00. The minimum atomic E-state index is -0.994. The van der Waals surface area contributed by atoms with Crippen LogP contribution in [0.4, 0.5) is 4.79 Å². The van der Waals surface area contributed by atoms with Crippen molar-refractivity contribution in [3.05, 3.63) is 34.9 Å².